The molecule has 3 aliphatic carbocycles. The molecule has 2 aromatic rings. The Hall–Kier alpha value is -4.09. The van der Waals surface area contributed by atoms with Gasteiger partial charge in [0.1, 0.15) is 11.4 Å². The highest BCUT2D eigenvalue weighted by Gasteiger charge is 2.69. The zero-order valence-corrected chi connectivity index (χ0v) is 19.8. The third kappa shape index (κ3) is 3.64. The minimum Gasteiger partial charge on any atom is -0.438 e. The summed E-state index contributed by atoms with van der Waals surface area (Å²) in [7, 11) is 0.844. The van der Waals surface area contributed by atoms with E-state index >= 15 is 0 Å². The van der Waals surface area contributed by atoms with E-state index in [9.17, 15) is 18.8 Å². The normalized spacial score (nSPS) is 25.8. The van der Waals surface area contributed by atoms with E-state index < -0.39 is 18.1 Å². The summed E-state index contributed by atoms with van der Waals surface area (Å²) in [6.07, 6.45) is 1.13. The van der Waals surface area contributed by atoms with Gasteiger partial charge in [-0.25, -0.2) is 4.98 Å². The zero-order valence-electron chi connectivity index (χ0n) is 19.8. The minimum absolute atomic E-state index is 0.0652. The number of aromatic nitrogens is 2. The molecule has 0 saturated heterocycles. The first-order chi connectivity index (χ1) is 17.0. The second-order valence-electron chi connectivity index (χ2n) is 9.66. The van der Waals surface area contributed by atoms with Gasteiger partial charge in [-0.1, -0.05) is 0 Å². The standard InChI is InChI=1S/C25H22F2N6O3/c1-13-7-15(5-4-6-28)8-14(2)18(13)36-21-16-17(20(34)31-19(16)25(26,27)35-3)30-22(32-21)33-24-9-23(10-24,11-24)12-29/h4-5,7-8,19H,9-11H2,1-3H3,(H,31,34)(H,30,32,33)/b5-4+. The average Bonchev–Trinajstić information content (AvgIpc) is 3.13. The summed E-state index contributed by atoms with van der Waals surface area (Å²) >= 11 is 0. The van der Waals surface area contributed by atoms with Crippen LogP contribution in [0.2, 0.25) is 0 Å². The van der Waals surface area contributed by atoms with Crippen LogP contribution in [-0.2, 0) is 4.74 Å². The van der Waals surface area contributed by atoms with Gasteiger partial charge in [-0.2, -0.15) is 24.3 Å². The molecule has 1 aromatic carbocycles. The number of nitrogens with zero attached hydrogens (tertiary/aromatic N) is 4. The molecular weight excluding hydrogens is 470 g/mol. The lowest BCUT2D eigenvalue weighted by Gasteiger charge is -2.66. The SMILES string of the molecule is COC(F)(F)C1NC(=O)c2nc(NC34CC(C#N)(C3)C4)nc(Oc3c(C)cc(/C=C/C#N)cc3C)c21. The van der Waals surface area contributed by atoms with Crippen molar-refractivity contribution in [2.45, 2.75) is 50.8 Å². The lowest BCUT2D eigenvalue weighted by Crippen LogP contribution is -2.70. The van der Waals surface area contributed by atoms with Crippen molar-refractivity contribution < 1.29 is 23.0 Å². The number of carbonyl (C=O) groups excluding carboxylic acids is 1. The second kappa shape index (κ2) is 7.97. The number of halogens is 2. The topological polar surface area (TPSA) is 133 Å². The van der Waals surface area contributed by atoms with E-state index in [2.05, 4.69) is 31.4 Å². The fourth-order valence-corrected chi connectivity index (χ4v) is 5.40. The third-order valence-electron chi connectivity index (χ3n) is 6.97. The van der Waals surface area contributed by atoms with Gasteiger partial charge in [0.25, 0.3) is 5.91 Å². The number of fused-ring (bicyclic) bond motifs is 1. The molecule has 0 spiro atoms. The van der Waals surface area contributed by atoms with Crippen LogP contribution in [0.5, 0.6) is 11.6 Å². The lowest BCUT2D eigenvalue weighted by molar-refractivity contribution is -0.240. The number of benzene rings is 1. The quantitative estimate of drug-likeness (QED) is 0.547. The Balaban J connectivity index is 1.57. The molecule has 3 saturated carbocycles. The Labute approximate surface area is 205 Å². The van der Waals surface area contributed by atoms with Crippen molar-refractivity contribution in [1.82, 2.24) is 15.3 Å². The Kier molecular flexibility index (Phi) is 5.23. The van der Waals surface area contributed by atoms with Crippen LogP contribution in [0.4, 0.5) is 14.7 Å². The van der Waals surface area contributed by atoms with Crippen molar-refractivity contribution in [3.63, 3.8) is 0 Å². The molecule has 184 valence electrons. The lowest BCUT2D eigenvalue weighted by atomic mass is 9.40. The van der Waals surface area contributed by atoms with Gasteiger partial charge in [-0.15, -0.1) is 0 Å². The molecule has 1 atom stereocenters. The number of carbonyl (C=O) groups is 1. The number of hydrogen-bond donors (Lipinski definition) is 2. The van der Waals surface area contributed by atoms with Crippen molar-refractivity contribution >= 4 is 17.9 Å². The monoisotopic (exact) mass is 492 g/mol. The Morgan fingerprint density at radius 3 is 2.47 bits per heavy atom. The molecule has 1 amide bonds. The van der Waals surface area contributed by atoms with E-state index in [4.69, 9.17) is 10.00 Å². The van der Waals surface area contributed by atoms with E-state index in [1.807, 2.05) is 6.07 Å². The number of allylic oxidation sites excluding steroid dienone is 1. The summed E-state index contributed by atoms with van der Waals surface area (Å²) in [6.45, 7) is 3.56. The van der Waals surface area contributed by atoms with Crippen molar-refractivity contribution in [3.8, 4) is 23.8 Å². The number of hydrogen-bond acceptors (Lipinski definition) is 8. The number of amides is 1. The molecule has 3 fully saturated rings. The Morgan fingerprint density at radius 2 is 1.89 bits per heavy atom. The maximum Gasteiger partial charge on any atom is 0.380 e. The first-order valence-corrected chi connectivity index (χ1v) is 11.2. The van der Waals surface area contributed by atoms with Gasteiger partial charge in [0, 0.05) is 18.7 Å². The second-order valence-corrected chi connectivity index (χ2v) is 9.66. The third-order valence-corrected chi connectivity index (χ3v) is 6.97. The maximum absolute atomic E-state index is 14.7. The predicted molar refractivity (Wildman–Crippen MR) is 123 cm³/mol. The average molecular weight is 492 g/mol. The predicted octanol–water partition coefficient (Wildman–Crippen LogP) is 4.30. The maximum atomic E-state index is 14.7. The van der Waals surface area contributed by atoms with E-state index in [0.717, 1.165) is 12.7 Å². The molecule has 2 heterocycles. The highest BCUT2D eigenvalue weighted by molar-refractivity contribution is 5.98. The van der Waals surface area contributed by atoms with Gasteiger partial charge >= 0.3 is 6.11 Å². The highest BCUT2D eigenvalue weighted by atomic mass is 19.3. The number of nitriles is 2. The molecule has 6 rings (SSSR count). The number of aryl methyl sites for hydroxylation is 2. The summed E-state index contributed by atoms with van der Waals surface area (Å²) < 4.78 is 39.8. The summed E-state index contributed by atoms with van der Waals surface area (Å²) in [5, 5.41) is 23.5. The number of nitrogens with one attached hydrogen (secondary N) is 2. The van der Waals surface area contributed by atoms with Crippen molar-refractivity contribution in [2.24, 2.45) is 5.41 Å². The van der Waals surface area contributed by atoms with E-state index in [0.29, 0.717) is 36.1 Å². The number of anilines is 1. The smallest absolute Gasteiger partial charge is 0.380 e. The summed E-state index contributed by atoms with van der Waals surface area (Å²) in [4.78, 5) is 21.3. The number of ether oxygens (including phenoxy) is 2. The number of rotatable bonds is 7. The van der Waals surface area contributed by atoms with Crippen LogP contribution in [0.3, 0.4) is 0 Å². The van der Waals surface area contributed by atoms with Crippen LogP contribution in [0.15, 0.2) is 18.2 Å². The molecule has 1 aliphatic heterocycles. The zero-order chi connectivity index (χ0) is 25.9. The molecule has 0 radical (unpaired) electrons. The number of methoxy groups -OCH3 is 1. The van der Waals surface area contributed by atoms with Gasteiger partial charge in [-0.05, 0) is 68.0 Å². The fraction of sp³-hybridized carbons (Fsp3) is 0.400. The van der Waals surface area contributed by atoms with E-state index in [1.165, 1.54) is 6.08 Å². The van der Waals surface area contributed by atoms with Crippen LogP contribution in [0.25, 0.3) is 6.08 Å². The van der Waals surface area contributed by atoms with Gasteiger partial charge in [0.15, 0.2) is 6.04 Å². The summed E-state index contributed by atoms with van der Waals surface area (Å²) in [5.74, 6) is -0.548. The fourth-order valence-electron chi connectivity index (χ4n) is 5.40. The van der Waals surface area contributed by atoms with Gasteiger partial charge in [0.2, 0.25) is 11.8 Å². The molecule has 4 aliphatic rings. The first-order valence-electron chi connectivity index (χ1n) is 11.2. The van der Waals surface area contributed by atoms with Crippen LogP contribution >= 0.6 is 0 Å². The molecular formula is C25H22F2N6O3. The van der Waals surface area contributed by atoms with Gasteiger partial charge in [-0.3, -0.25) is 4.79 Å². The molecule has 1 unspecified atom stereocenters. The van der Waals surface area contributed by atoms with Gasteiger partial charge in [0.05, 0.1) is 23.1 Å². The molecule has 36 heavy (non-hydrogen) atoms. The van der Waals surface area contributed by atoms with Gasteiger partial charge < -0.3 is 20.1 Å². The Bertz CT molecular complexity index is 1360. The van der Waals surface area contributed by atoms with Crippen LogP contribution in [-0.4, -0.2) is 34.6 Å². The largest absolute Gasteiger partial charge is 0.438 e. The molecule has 1 aromatic heterocycles. The van der Waals surface area contributed by atoms with Crippen molar-refractivity contribution in [1.29, 1.82) is 10.5 Å². The molecule has 11 heteroatoms. The van der Waals surface area contributed by atoms with Crippen molar-refractivity contribution in [3.05, 3.63) is 46.2 Å². The molecule has 9 nitrogen and oxygen atoms in total. The number of alkyl halides is 2. The van der Waals surface area contributed by atoms with E-state index in [-0.39, 0.29) is 34.0 Å². The molecule has 2 N–H and O–H groups in total. The van der Waals surface area contributed by atoms with Crippen LogP contribution < -0.4 is 15.4 Å². The highest BCUT2D eigenvalue weighted by Crippen LogP contribution is 2.67. The van der Waals surface area contributed by atoms with Crippen LogP contribution in [0.1, 0.15) is 58.0 Å². The molecule has 2 bridgehead atoms. The minimum atomic E-state index is -3.74. The van der Waals surface area contributed by atoms with Crippen LogP contribution in [0, 0.1) is 41.9 Å². The van der Waals surface area contributed by atoms with E-state index in [1.54, 1.807) is 32.1 Å². The summed E-state index contributed by atoms with van der Waals surface area (Å²) in [5.41, 5.74) is 1.01. The summed E-state index contributed by atoms with van der Waals surface area (Å²) in [6, 6.07) is 5.97. The first kappa shape index (κ1) is 23.6. The van der Waals surface area contributed by atoms with Crippen molar-refractivity contribution in [2.75, 3.05) is 12.4 Å². The Morgan fingerprint density at radius 1 is 1.22 bits per heavy atom.